The van der Waals surface area contributed by atoms with Gasteiger partial charge in [0.2, 0.25) is 11.8 Å². The minimum atomic E-state index is -0.717. The van der Waals surface area contributed by atoms with Gasteiger partial charge in [0.15, 0.2) is 0 Å². The summed E-state index contributed by atoms with van der Waals surface area (Å²) < 4.78 is 13.5. The quantitative estimate of drug-likeness (QED) is 0.651. The Hall–Kier alpha value is -3.62. The van der Waals surface area contributed by atoms with Crippen LogP contribution in [-0.4, -0.2) is 39.2 Å². The summed E-state index contributed by atoms with van der Waals surface area (Å²) in [6.07, 6.45) is 1.49. The second-order valence-corrected chi connectivity index (χ2v) is 8.91. The lowest BCUT2D eigenvalue weighted by Crippen LogP contribution is -2.34. The highest BCUT2D eigenvalue weighted by molar-refractivity contribution is 5.91. The van der Waals surface area contributed by atoms with Crippen LogP contribution in [0.4, 0.5) is 10.5 Å². The number of nitrogens with zero attached hydrogens (tertiary/aromatic N) is 3. The van der Waals surface area contributed by atoms with Crippen molar-refractivity contribution in [3.63, 3.8) is 0 Å². The Morgan fingerprint density at radius 3 is 2.84 bits per heavy atom. The molecule has 2 aromatic heterocycles. The molecule has 2 aliphatic heterocycles. The first-order chi connectivity index (χ1) is 15.2. The standard InChI is InChI=1S/C23H25N5O4/c1-12(14-8-19(29)24-10-14)31-21-20-18(25-11-28(20)4)9-16(26-21)13-5-6-15-17(7-13)27-22(30)32-23(15,2)3/h5-7,9,11-12,14H,8,10H2,1-4H3,(H,24,29)(H,27,30)/t12-,14-/m1/s1. The van der Waals surface area contributed by atoms with Gasteiger partial charge in [0.05, 0.1) is 23.2 Å². The van der Waals surface area contributed by atoms with E-state index in [1.165, 1.54) is 0 Å². The van der Waals surface area contributed by atoms with Gasteiger partial charge in [0, 0.05) is 37.1 Å². The number of hydrogen-bond donors (Lipinski definition) is 2. The van der Waals surface area contributed by atoms with Crippen LogP contribution in [0.15, 0.2) is 30.6 Å². The number of aromatic nitrogens is 3. The molecule has 3 aromatic rings. The lowest BCUT2D eigenvalue weighted by molar-refractivity contribution is -0.119. The molecule has 0 spiro atoms. The number of hydrogen-bond acceptors (Lipinski definition) is 6. The molecule has 1 fully saturated rings. The lowest BCUT2D eigenvalue weighted by atomic mass is 9.93. The molecule has 0 aliphatic carbocycles. The molecule has 2 aliphatic rings. The number of cyclic esters (lactones) is 1. The zero-order valence-corrected chi connectivity index (χ0v) is 18.4. The number of ether oxygens (including phenoxy) is 2. The van der Waals surface area contributed by atoms with Crippen LogP contribution in [0.1, 0.15) is 32.8 Å². The van der Waals surface area contributed by atoms with Crippen molar-refractivity contribution in [1.82, 2.24) is 19.9 Å². The Bertz CT molecular complexity index is 1250. The number of rotatable bonds is 4. The van der Waals surface area contributed by atoms with Crippen molar-refractivity contribution in [2.24, 2.45) is 13.0 Å². The fourth-order valence-corrected chi connectivity index (χ4v) is 4.35. The van der Waals surface area contributed by atoms with Gasteiger partial charge in [-0.2, -0.15) is 0 Å². The maximum Gasteiger partial charge on any atom is 0.412 e. The molecule has 1 saturated heterocycles. The predicted molar refractivity (Wildman–Crippen MR) is 118 cm³/mol. The molecule has 0 bridgehead atoms. The van der Waals surface area contributed by atoms with Crippen LogP contribution in [0.25, 0.3) is 22.3 Å². The van der Waals surface area contributed by atoms with Crippen LogP contribution in [0.3, 0.4) is 0 Å². The number of amides is 2. The van der Waals surface area contributed by atoms with Gasteiger partial charge in [-0.25, -0.2) is 14.8 Å². The minimum absolute atomic E-state index is 0.0425. The van der Waals surface area contributed by atoms with Gasteiger partial charge in [-0.1, -0.05) is 12.1 Å². The third kappa shape index (κ3) is 3.43. The monoisotopic (exact) mass is 435 g/mol. The fourth-order valence-electron chi connectivity index (χ4n) is 4.35. The minimum Gasteiger partial charge on any atom is -0.473 e. The first-order valence-electron chi connectivity index (χ1n) is 10.6. The summed E-state index contributed by atoms with van der Waals surface area (Å²) in [5, 5.41) is 5.63. The number of pyridine rings is 1. The molecule has 5 rings (SSSR count). The van der Waals surface area contributed by atoms with Gasteiger partial charge < -0.3 is 19.4 Å². The van der Waals surface area contributed by atoms with E-state index < -0.39 is 11.7 Å². The Morgan fingerprint density at radius 1 is 1.28 bits per heavy atom. The van der Waals surface area contributed by atoms with E-state index in [-0.39, 0.29) is 17.9 Å². The molecular weight excluding hydrogens is 410 g/mol. The van der Waals surface area contributed by atoms with Crippen LogP contribution in [0, 0.1) is 5.92 Å². The Balaban J connectivity index is 1.55. The summed E-state index contributed by atoms with van der Waals surface area (Å²) >= 11 is 0. The van der Waals surface area contributed by atoms with Crippen molar-refractivity contribution >= 4 is 28.7 Å². The Kier molecular flexibility index (Phi) is 4.58. The van der Waals surface area contributed by atoms with Crippen molar-refractivity contribution in [3.05, 3.63) is 36.2 Å². The Labute approximate surface area is 185 Å². The van der Waals surface area contributed by atoms with E-state index >= 15 is 0 Å². The lowest BCUT2D eigenvalue weighted by Gasteiger charge is -2.32. The molecule has 166 valence electrons. The third-order valence-corrected chi connectivity index (χ3v) is 6.18. The maximum atomic E-state index is 12.0. The molecule has 32 heavy (non-hydrogen) atoms. The van der Waals surface area contributed by atoms with Gasteiger partial charge in [-0.3, -0.25) is 10.1 Å². The van der Waals surface area contributed by atoms with Gasteiger partial charge >= 0.3 is 6.09 Å². The van der Waals surface area contributed by atoms with E-state index in [9.17, 15) is 9.59 Å². The molecular formula is C23H25N5O4. The van der Waals surface area contributed by atoms with Crippen molar-refractivity contribution < 1.29 is 19.1 Å². The Morgan fingerprint density at radius 2 is 2.09 bits per heavy atom. The highest BCUT2D eigenvalue weighted by atomic mass is 16.6. The summed E-state index contributed by atoms with van der Waals surface area (Å²) in [6, 6.07) is 7.68. The number of nitrogens with one attached hydrogen (secondary N) is 2. The number of anilines is 1. The normalized spacial score (nSPS) is 20.3. The van der Waals surface area contributed by atoms with Gasteiger partial charge in [0.25, 0.3) is 0 Å². The third-order valence-electron chi connectivity index (χ3n) is 6.18. The number of imidazole rings is 1. The smallest absolute Gasteiger partial charge is 0.412 e. The largest absolute Gasteiger partial charge is 0.473 e. The fraction of sp³-hybridized carbons (Fsp3) is 0.391. The van der Waals surface area contributed by atoms with E-state index in [0.717, 1.165) is 22.2 Å². The second-order valence-electron chi connectivity index (χ2n) is 8.91. The molecule has 1 aromatic carbocycles. The van der Waals surface area contributed by atoms with Crippen LogP contribution in [-0.2, 0) is 22.2 Å². The van der Waals surface area contributed by atoms with Gasteiger partial charge in [-0.15, -0.1) is 0 Å². The van der Waals surface area contributed by atoms with Crippen molar-refractivity contribution in [2.75, 3.05) is 11.9 Å². The highest BCUT2D eigenvalue weighted by Crippen LogP contribution is 2.38. The van der Waals surface area contributed by atoms with E-state index in [4.69, 9.17) is 14.5 Å². The van der Waals surface area contributed by atoms with E-state index in [2.05, 4.69) is 15.6 Å². The number of carbonyl (C=O) groups excluding carboxylic acids is 2. The topological polar surface area (TPSA) is 107 Å². The number of benzene rings is 1. The summed E-state index contributed by atoms with van der Waals surface area (Å²) in [4.78, 5) is 32.9. The number of aryl methyl sites for hydroxylation is 1. The van der Waals surface area contributed by atoms with Gasteiger partial charge in [0.1, 0.15) is 17.2 Å². The summed E-state index contributed by atoms with van der Waals surface area (Å²) in [7, 11) is 1.89. The van der Waals surface area contributed by atoms with Crippen LogP contribution in [0.2, 0.25) is 0 Å². The zero-order valence-electron chi connectivity index (χ0n) is 18.4. The van der Waals surface area contributed by atoms with Crippen molar-refractivity contribution in [2.45, 2.75) is 38.9 Å². The second kappa shape index (κ2) is 7.22. The molecule has 9 nitrogen and oxygen atoms in total. The van der Waals surface area contributed by atoms with Gasteiger partial charge in [-0.05, 0) is 32.9 Å². The molecule has 0 unspecified atom stereocenters. The molecule has 2 N–H and O–H groups in total. The van der Waals surface area contributed by atoms with E-state index in [1.54, 1.807) is 6.33 Å². The molecule has 2 atom stereocenters. The summed E-state index contributed by atoms with van der Waals surface area (Å²) in [5.74, 6) is 0.591. The molecule has 0 radical (unpaired) electrons. The van der Waals surface area contributed by atoms with Crippen LogP contribution < -0.4 is 15.4 Å². The molecule has 0 saturated carbocycles. The highest BCUT2D eigenvalue weighted by Gasteiger charge is 2.33. The molecule has 2 amide bonds. The van der Waals surface area contributed by atoms with Crippen LogP contribution in [0.5, 0.6) is 5.88 Å². The summed E-state index contributed by atoms with van der Waals surface area (Å²) in [5.41, 5.74) is 3.92. The number of carbonyl (C=O) groups is 2. The molecule has 4 heterocycles. The SMILES string of the molecule is C[C@@H](Oc1nc(-c2ccc3c(c2)NC(=O)OC3(C)C)cc2ncn(C)c12)[C@H]1CNC(=O)C1. The average molecular weight is 435 g/mol. The average Bonchev–Trinajstić information content (AvgIpc) is 3.32. The first-order valence-corrected chi connectivity index (χ1v) is 10.6. The summed E-state index contributed by atoms with van der Waals surface area (Å²) in [6.45, 7) is 6.27. The first kappa shape index (κ1) is 20.3. The zero-order chi connectivity index (χ0) is 22.6. The molecule has 9 heteroatoms. The van der Waals surface area contributed by atoms with Crippen LogP contribution >= 0.6 is 0 Å². The predicted octanol–water partition coefficient (Wildman–Crippen LogP) is 3.34. The van der Waals surface area contributed by atoms with E-state index in [0.29, 0.717) is 30.2 Å². The maximum absolute atomic E-state index is 12.0. The van der Waals surface area contributed by atoms with Crippen molar-refractivity contribution in [1.29, 1.82) is 0 Å². The van der Waals surface area contributed by atoms with E-state index in [1.807, 2.05) is 56.7 Å². The van der Waals surface area contributed by atoms with Crippen molar-refractivity contribution in [3.8, 4) is 17.1 Å². The number of fused-ring (bicyclic) bond motifs is 2.